The highest BCUT2D eigenvalue weighted by Gasteiger charge is 2.30. The van der Waals surface area contributed by atoms with Crippen LogP contribution < -0.4 is 10.6 Å². The molecule has 2 amide bonds. The van der Waals surface area contributed by atoms with Crippen molar-refractivity contribution in [2.75, 3.05) is 6.54 Å². The Kier molecular flexibility index (Phi) is 9.29. The molecule has 0 saturated heterocycles. The summed E-state index contributed by atoms with van der Waals surface area (Å²) in [6.45, 7) is -1.19. The second-order valence-corrected chi connectivity index (χ2v) is 8.86. The van der Waals surface area contributed by atoms with Gasteiger partial charge in [-0.15, -0.1) is 15.3 Å². The molecule has 0 aliphatic carbocycles. The molecular weight excluding hydrogens is 549 g/mol. The van der Waals surface area contributed by atoms with E-state index in [1.807, 2.05) is 0 Å². The molecule has 3 heterocycles. The lowest BCUT2D eigenvalue weighted by molar-refractivity contribution is -0.137. The van der Waals surface area contributed by atoms with Gasteiger partial charge in [-0.3, -0.25) is 14.6 Å². The summed E-state index contributed by atoms with van der Waals surface area (Å²) in [5, 5.41) is 19.2. The first kappa shape index (κ1) is 28.9. The number of carbonyl (C=O) groups is 2. The summed E-state index contributed by atoms with van der Waals surface area (Å²) in [4.78, 5) is 27.8. The molecule has 0 spiro atoms. The quantitative estimate of drug-likeness (QED) is 0.340. The van der Waals surface area contributed by atoms with E-state index in [-0.39, 0.29) is 42.3 Å². The van der Waals surface area contributed by atoms with Crippen molar-refractivity contribution in [3.8, 4) is 0 Å². The third-order valence-electron chi connectivity index (χ3n) is 4.76. The molecule has 10 nitrogen and oxygen atoms in total. The van der Waals surface area contributed by atoms with Crippen LogP contribution >= 0.6 is 11.3 Å². The van der Waals surface area contributed by atoms with E-state index in [9.17, 15) is 40.3 Å². The van der Waals surface area contributed by atoms with E-state index in [1.54, 1.807) is 0 Å². The molecule has 3 aromatic heterocycles. The summed E-state index contributed by atoms with van der Waals surface area (Å²) in [5.41, 5.74) is -1.12. The molecule has 0 radical (unpaired) electrons. The zero-order valence-corrected chi connectivity index (χ0v) is 20.0. The smallest absolute Gasteiger partial charge is 0.350 e. The first-order valence-corrected chi connectivity index (χ1v) is 11.6. The Labute approximate surface area is 213 Å². The number of alkyl halides is 7. The maximum Gasteiger partial charge on any atom is 0.416 e. The summed E-state index contributed by atoms with van der Waals surface area (Å²) in [6, 6.07) is 1.60. The lowest BCUT2D eigenvalue weighted by Gasteiger charge is -2.08. The van der Waals surface area contributed by atoms with E-state index in [1.165, 1.54) is 0 Å². The van der Waals surface area contributed by atoms with E-state index < -0.39 is 48.9 Å². The van der Waals surface area contributed by atoms with Gasteiger partial charge in [-0.05, 0) is 18.6 Å². The van der Waals surface area contributed by atoms with E-state index in [4.69, 9.17) is 0 Å². The van der Waals surface area contributed by atoms with Crippen LogP contribution in [-0.4, -0.2) is 60.9 Å². The highest BCUT2D eigenvalue weighted by atomic mass is 32.1. The van der Waals surface area contributed by atoms with Crippen LogP contribution in [0.15, 0.2) is 24.5 Å². The second kappa shape index (κ2) is 12.2. The lowest BCUT2D eigenvalue weighted by atomic mass is 10.2. The van der Waals surface area contributed by atoms with Gasteiger partial charge in [-0.1, -0.05) is 16.6 Å². The molecule has 0 aliphatic heterocycles. The zero-order chi connectivity index (χ0) is 27.9. The normalized spacial score (nSPS) is 12.8. The molecule has 0 saturated carbocycles. The maximum absolute atomic E-state index is 14.4. The topological polar surface area (TPSA) is 128 Å². The molecule has 0 aliphatic rings. The van der Waals surface area contributed by atoms with Gasteiger partial charge < -0.3 is 10.6 Å². The Balaban J connectivity index is 1.43. The molecule has 0 fully saturated rings. The van der Waals surface area contributed by atoms with Gasteiger partial charge in [0.25, 0.3) is 11.8 Å². The third kappa shape index (κ3) is 9.00. The van der Waals surface area contributed by atoms with E-state index in [0.29, 0.717) is 5.01 Å². The van der Waals surface area contributed by atoms with Gasteiger partial charge in [0.2, 0.25) is 5.01 Å². The Morgan fingerprint density at radius 3 is 2.53 bits per heavy atom. The molecule has 2 N–H and O–H groups in total. The van der Waals surface area contributed by atoms with Crippen LogP contribution in [0.3, 0.4) is 0 Å². The third-order valence-corrected chi connectivity index (χ3v) is 5.74. The van der Waals surface area contributed by atoms with Gasteiger partial charge in [-0.25, -0.2) is 9.07 Å². The summed E-state index contributed by atoms with van der Waals surface area (Å²) in [7, 11) is 0. The molecule has 206 valence electrons. The van der Waals surface area contributed by atoms with E-state index in [0.717, 1.165) is 40.5 Å². The summed E-state index contributed by atoms with van der Waals surface area (Å²) >= 11 is 0.824. The number of aryl methyl sites for hydroxylation is 1. The molecule has 1 unspecified atom stereocenters. The van der Waals surface area contributed by atoms with Crippen LogP contribution in [0.5, 0.6) is 0 Å². The van der Waals surface area contributed by atoms with Gasteiger partial charge in [0.05, 0.1) is 37.0 Å². The van der Waals surface area contributed by atoms with Crippen molar-refractivity contribution in [1.82, 2.24) is 40.8 Å². The maximum atomic E-state index is 14.4. The summed E-state index contributed by atoms with van der Waals surface area (Å²) in [5.74, 6) is -1.56. The van der Waals surface area contributed by atoms with Crippen LogP contribution in [0.25, 0.3) is 0 Å². The average molecular weight is 568 g/mol. The van der Waals surface area contributed by atoms with Crippen molar-refractivity contribution in [3.05, 3.63) is 51.5 Å². The van der Waals surface area contributed by atoms with Gasteiger partial charge >= 0.3 is 12.4 Å². The average Bonchev–Trinajstić information content (AvgIpc) is 3.50. The van der Waals surface area contributed by atoms with Crippen molar-refractivity contribution in [1.29, 1.82) is 0 Å². The Morgan fingerprint density at radius 2 is 1.82 bits per heavy atom. The molecule has 3 aromatic rings. The number of halogens is 7. The number of hydrogen-bond donors (Lipinski definition) is 2. The van der Waals surface area contributed by atoms with Crippen molar-refractivity contribution in [2.45, 2.75) is 50.9 Å². The molecule has 1 atom stereocenters. The molecule has 38 heavy (non-hydrogen) atoms. The van der Waals surface area contributed by atoms with Crippen LogP contribution in [0.1, 0.15) is 49.4 Å². The highest BCUT2D eigenvalue weighted by Crippen LogP contribution is 2.29. The Morgan fingerprint density at radius 1 is 1.05 bits per heavy atom. The van der Waals surface area contributed by atoms with Crippen molar-refractivity contribution < 1.29 is 40.3 Å². The predicted molar refractivity (Wildman–Crippen MR) is 117 cm³/mol. The first-order chi connectivity index (χ1) is 17.8. The van der Waals surface area contributed by atoms with Crippen LogP contribution in [0.4, 0.5) is 30.7 Å². The van der Waals surface area contributed by atoms with Crippen LogP contribution in [-0.2, 0) is 25.7 Å². The Bertz CT molecular complexity index is 1240. The monoisotopic (exact) mass is 568 g/mol. The number of nitrogens with zero attached hydrogens (tertiary/aromatic N) is 6. The molecule has 3 rings (SSSR count). The molecular formula is C20H19F7N8O2S. The molecule has 0 aromatic carbocycles. The number of hydrogen-bond acceptors (Lipinski definition) is 8. The van der Waals surface area contributed by atoms with E-state index in [2.05, 4.69) is 36.1 Å². The minimum Gasteiger partial charge on any atom is -0.350 e. The largest absolute Gasteiger partial charge is 0.416 e. The van der Waals surface area contributed by atoms with Crippen molar-refractivity contribution >= 4 is 23.2 Å². The minimum absolute atomic E-state index is 0.0250. The predicted octanol–water partition coefficient (Wildman–Crippen LogP) is 3.13. The molecule has 18 heteroatoms. The van der Waals surface area contributed by atoms with Gasteiger partial charge in [0.1, 0.15) is 11.2 Å². The lowest BCUT2D eigenvalue weighted by Crippen LogP contribution is -2.27. The highest BCUT2D eigenvalue weighted by molar-refractivity contribution is 7.13. The second-order valence-electron chi connectivity index (χ2n) is 7.80. The Hall–Kier alpha value is -3.70. The standard InChI is InChI=1S/C20H19F7N8O2S/c21-12(1-2-15-32-33-18(38-15)17(37)29-6-4-19(22,23)24)9-35-10-14(31-34-35)16(36)30-8-13-7-11(3-5-28-13)20(25,26)27/h3,5,7,10,12H,1-2,4,6,8-9H2,(H,29,37)(H,30,36). The SMILES string of the molecule is O=C(NCc1cc(C(F)(F)F)ccn1)c1cn(CC(F)CCc2nnc(C(=O)NCCC(F)(F)F)s2)nn1. The zero-order valence-electron chi connectivity index (χ0n) is 19.2. The number of rotatable bonds is 11. The van der Waals surface area contributed by atoms with Gasteiger partial charge in [0, 0.05) is 19.2 Å². The van der Waals surface area contributed by atoms with Crippen LogP contribution in [0.2, 0.25) is 0 Å². The number of carbonyl (C=O) groups excluding carboxylic acids is 2. The fourth-order valence-electron chi connectivity index (χ4n) is 2.92. The van der Waals surface area contributed by atoms with Crippen molar-refractivity contribution in [3.63, 3.8) is 0 Å². The fourth-order valence-corrected chi connectivity index (χ4v) is 3.69. The van der Waals surface area contributed by atoms with Gasteiger partial charge in [-0.2, -0.15) is 26.3 Å². The van der Waals surface area contributed by atoms with Gasteiger partial charge in [0.15, 0.2) is 5.69 Å². The van der Waals surface area contributed by atoms with E-state index >= 15 is 0 Å². The fraction of sp³-hybridized carbons (Fsp3) is 0.450. The molecule has 0 bridgehead atoms. The number of amides is 2. The first-order valence-electron chi connectivity index (χ1n) is 10.8. The number of nitrogens with one attached hydrogen (secondary N) is 2. The van der Waals surface area contributed by atoms with Crippen LogP contribution in [0, 0.1) is 0 Å². The summed E-state index contributed by atoms with van der Waals surface area (Å²) in [6.07, 6.45) is -9.46. The van der Waals surface area contributed by atoms with Crippen molar-refractivity contribution in [2.24, 2.45) is 0 Å². The number of aromatic nitrogens is 6. The number of pyridine rings is 1. The summed E-state index contributed by atoms with van der Waals surface area (Å²) < 4.78 is 90.3. The minimum atomic E-state index is -4.56.